The zero-order valence-corrected chi connectivity index (χ0v) is 59.0. The van der Waals surface area contributed by atoms with E-state index in [-0.39, 0.29) is 47.1 Å². The highest BCUT2D eigenvalue weighted by molar-refractivity contribution is 7.90. The van der Waals surface area contributed by atoms with Crippen LogP contribution in [0.15, 0.2) is 105 Å². The molecule has 12 heterocycles. The Bertz CT molecular complexity index is 5630. The Balaban J connectivity index is 0.000000152. The number of imide groups is 2. The fraction of sp³-hybridized carbons (Fsp3) is 0.378. The van der Waals surface area contributed by atoms with E-state index < -0.39 is 73.7 Å². The molecular weight excluding hydrogens is 1390 g/mol. The number of nitrogens with one attached hydrogen (secondary N) is 2. The second-order valence-corrected chi connectivity index (χ2v) is 34.3. The summed E-state index contributed by atoms with van der Waals surface area (Å²) in [6.07, 6.45) is 18.8. The number of benzene rings is 6. The van der Waals surface area contributed by atoms with Crippen LogP contribution in [0.3, 0.4) is 0 Å². The number of anilines is 2. The number of nitrogens with zero attached hydrogens (tertiary/aromatic N) is 6. The van der Waals surface area contributed by atoms with Gasteiger partial charge in [-0.1, -0.05) is 6.07 Å². The topological polar surface area (TPSA) is 317 Å². The van der Waals surface area contributed by atoms with Crippen molar-refractivity contribution >= 4 is 86.4 Å². The predicted molar refractivity (Wildman–Crippen MR) is 373 cm³/mol. The van der Waals surface area contributed by atoms with Crippen LogP contribution < -0.4 is 59.0 Å². The third kappa shape index (κ3) is 11.2. The van der Waals surface area contributed by atoms with Crippen molar-refractivity contribution in [1.82, 2.24) is 28.4 Å². The fourth-order valence-corrected chi connectivity index (χ4v) is 21.4. The van der Waals surface area contributed by atoms with Crippen molar-refractivity contribution in [3.63, 3.8) is 0 Å². The average molecular weight is 1460 g/mol. The molecule has 12 aliphatic rings. The highest BCUT2D eigenvalue weighted by atomic mass is 32.2. The van der Waals surface area contributed by atoms with Gasteiger partial charge in [-0.25, -0.2) is 43.3 Å². The van der Waals surface area contributed by atoms with Crippen LogP contribution in [0.2, 0.25) is 0 Å². The van der Waals surface area contributed by atoms with Gasteiger partial charge in [0.05, 0.1) is 25.8 Å². The van der Waals surface area contributed by atoms with Crippen LogP contribution in [0.25, 0.3) is 11.1 Å². The molecule has 4 amide bonds. The lowest BCUT2D eigenvalue weighted by Gasteiger charge is -2.39. The molecule has 0 aromatic heterocycles. The quantitative estimate of drug-likeness (QED) is 0.0684. The van der Waals surface area contributed by atoms with Gasteiger partial charge in [-0.15, -0.1) is 0 Å². The monoisotopic (exact) mass is 1460 g/mol. The molecule has 0 bridgehead atoms. The molecule has 0 saturated heterocycles. The second-order valence-electron chi connectivity index (χ2n) is 28.1. The van der Waals surface area contributed by atoms with Crippen molar-refractivity contribution in [3.05, 3.63) is 173 Å². The lowest BCUT2D eigenvalue weighted by atomic mass is 9.82. The first kappa shape index (κ1) is 66.5. The first-order valence-electron chi connectivity index (χ1n) is 35.1. The van der Waals surface area contributed by atoms with Crippen LogP contribution in [0.4, 0.5) is 11.4 Å². The van der Waals surface area contributed by atoms with Gasteiger partial charge in [0, 0.05) is 180 Å². The first-order valence-corrected chi connectivity index (χ1v) is 40.9. The summed E-state index contributed by atoms with van der Waals surface area (Å²) in [6.45, 7) is 6.80. The van der Waals surface area contributed by atoms with E-state index >= 15 is 0 Å². The molecule has 1 unspecified atom stereocenters. The van der Waals surface area contributed by atoms with Crippen LogP contribution in [-0.4, -0.2) is 155 Å². The number of ether oxygens (including phenoxy) is 2. The molecule has 24 nitrogen and oxygen atoms in total. The summed E-state index contributed by atoms with van der Waals surface area (Å²) in [7, 11) is -18.7. The fourth-order valence-electron chi connectivity index (χ4n) is 17.8. The molecular formula is C74H73N8O16S4+. The lowest BCUT2D eigenvalue weighted by molar-refractivity contribution is -0.138. The van der Waals surface area contributed by atoms with Gasteiger partial charge in [0.25, 0.3) is 23.6 Å². The normalized spacial score (nSPS) is 19.5. The van der Waals surface area contributed by atoms with E-state index in [9.17, 15) is 62.0 Å². The van der Waals surface area contributed by atoms with Crippen molar-refractivity contribution in [3.8, 4) is 23.0 Å². The summed E-state index contributed by atoms with van der Waals surface area (Å²) >= 11 is 0. The van der Waals surface area contributed by atoms with E-state index in [2.05, 4.69) is 52.7 Å². The highest BCUT2D eigenvalue weighted by Gasteiger charge is 2.41. The minimum Gasteiger partial charge on any atom is -0.744 e. The maximum atomic E-state index is 13.7. The van der Waals surface area contributed by atoms with E-state index in [1.165, 1.54) is 51.4 Å². The van der Waals surface area contributed by atoms with Gasteiger partial charge in [0.1, 0.15) is 74.3 Å². The Morgan fingerprint density at radius 3 is 1.33 bits per heavy atom. The molecule has 6 aromatic rings. The van der Waals surface area contributed by atoms with Crippen LogP contribution in [0, 0.1) is 0 Å². The Hall–Kier alpha value is -8.74. The van der Waals surface area contributed by atoms with Crippen molar-refractivity contribution in [1.29, 1.82) is 0 Å². The molecule has 0 spiro atoms. The molecule has 102 heavy (non-hydrogen) atoms. The zero-order valence-electron chi connectivity index (χ0n) is 55.8. The van der Waals surface area contributed by atoms with Gasteiger partial charge in [0.15, 0.2) is 0 Å². The Morgan fingerprint density at radius 1 is 0.431 bits per heavy atom. The number of amides is 4. The summed E-state index contributed by atoms with van der Waals surface area (Å²) in [5, 5.41) is 3.75. The number of hydrogen-bond acceptors (Lipinski definition) is 17. The number of fused-ring (bicyclic) bond motifs is 8. The average Bonchev–Trinajstić information content (AvgIpc) is 0.714. The van der Waals surface area contributed by atoms with Crippen molar-refractivity contribution in [2.75, 3.05) is 88.3 Å². The standard InChI is InChI=1S/2C37H36N4O8S2/c42-31-11-12-32(43)41(31)18-13-38-50(44,45)24-9-10-25(30(21-24)51(46,47)48)33-28-19-22-5-1-14-39-16-3-7-26(34(22)39)36(28)49-37-27-8-4-17-40-15-2-6-23(35(27)40)20-29(33)37;42-31-11-12-32(43)41(31)18-13-38-50(44,45)24-9-10-30(51(46,47)48)27(21-24)33-28-19-22-5-1-14-39-16-3-7-25(34(22)39)36(28)49-37-26-8-4-17-40-15-2-6-23(35(26)40)20-29(33)37/h9-12,19-21H,1-8,13-18H2,(H-,38,44,45,46,47,48);9-12,19-21,38H,1-8,13-18H2/p+1. The van der Waals surface area contributed by atoms with E-state index in [1.54, 1.807) is 0 Å². The number of sulfonamides is 1. The van der Waals surface area contributed by atoms with Crippen molar-refractivity contribution in [2.24, 2.45) is 0 Å². The number of rotatable bonds is 14. The molecule has 528 valence electrons. The van der Waals surface area contributed by atoms with E-state index in [0.717, 1.165) is 252 Å². The van der Waals surface area contributed by atoms with Crippen molar-refractivity contribution in [2.45, 2.75) is 122 Å². The van der Waals surface area contributed by atoms with Gasteiger partial charge >= 0.3 is 10.0 Å². The van der Waals surface area contributed by atoms with Crippen LogP contribution in [0.5, 0.6) is 23.0 Å². The number of carbonyl (C=O) groups excluding carboxylic acids is 4. The molecule has 0 radical (unpaired) electrons. The van der Waals surface area contributed by atoms with Gasteiger partial charge in [-0.05, 0) is 143 Å². The molecule has 0 aliphatic carbocycles. The summed E-state index contributed by atoms with van der Waals surface area (Å²) in [5.41, 5.74) is 13.9. The third-order valence-electron chi connectivity index (χ3n) is 22.0. The van der Waals surface area contributed by atoms with E-state index in [0.29, 0.717) is 44.9 Å². The number of hydrogen-bond donors (Lipinski definition) is 2. The number of carbonyl (C=O) groups is 4. The molecule has 12 aliphatic heterocycles. The maximum Gasteiger partial charge on any atom is 0.373 e. The molecule has 1 atom stereocenters. The summed E-state index contributed by atoms with van der Waals surface area (Å²) in [4.78, 5) is 52.9. The van der Waals surface area contributed by atoms with Gasteiger partial charge < -0.3 is 28.4 Å². The first-order chi connectivity index (χ1) is 49.0. The lowest BCUT2D eigenvalue weighted by Crippen LogP contribution is -2.45. The Morgan fingerprint density at radius 2 is 0.853 bits per heavy atom. The SMILES string of the molecule is O=C1C=CC(=O)N1CCNS(=O)(=O)c1ccc(S(=O)(=O)[O-])c(C2=c3cc4c5c(c3Oc3c2cc2c6c3CCCN6CCC2)CCC[N+]=5CCC4)c1.O=C1C=CC(=O)N1CCNS(=O)(=[OH+])c1ccc(C2=c3cc4c5c(c3Oc3c2cc2c6c3CCCN6CCC2)CCC[N+]=5CCC4)c(S(=O)(=O)[O-])c1. The van der Waals surface area contributed by atoms with E-state index in [1.807, 2.05) is 0 Å². The molecule has 3 N–H and O–H groups in total. The molecule has 0 saturated carbocycles. The summed E-state index contributed by atoms with van der Waals surface area (Å²) in [6, 6.07) is 15.6. The van der Waals surface area contributed by atoms with E-state index in [4.69, 9.17) is 9.47 Å². The number of aryl methyl sites for hydroxylation is 4. The smallest absolute Gasteiger partial charge is 0.373 e. The second kappa shape index (κ2) is 25.0. The van der Waals surface area contributed by atoms with Gasteiger partial charge in [0.2, 0.25) is 20.7 Å². The highest BCUT2D eigenvalue weighted by Crippen LogP contribution is 2.52. The molecule has 6 aromatic carbocycles. The van der Waals surface area contributed by atoms with Crippen molar-refractivity contribution < 1.29 is 71.4 Å². The summed E-state index contributed by atoms with van der Waals surface area (Å²) in [5.74, 6) is 0.534. The molecule has 0 fully saturated rings. The minimum atomic E-state index is -5.18. The van der Waals surface area contributed by atoms with Crippen LogP contribution in [-0.2, 0) is 111 Å². The Labute approximate surface area is 589 Å². The maximum absolute atomic E-state index is 13.7. The molecule has 28 heteroatoms. The largest absolute Gasteiger partial charge is 0.744 e. The third-order valence-corrected chi connectivity index (χ3v) is 26.8. The van der Waals surface area contributed by atoms with Gasteiger partial charge in [-0.3, -0.25) is 29.0 Å². The minimum absolute atomic E-state index is 0.000904. The molecule has 18 rings (SSSR count). The zero-order chi connectivity index (χ0) is 70.5. The Kier molecular flexibility index (Phi) is 16.3. The van der Waals surface area contributed by atoms with Crippen LogP contribution >= 0.6 is 0 Å². The summed E-state index contributed by atoms with van der Waals surface area (Å²) < 4.78 is 154. The van der Waals surface area contributed by atoms with Gasteiger partial charge in [-0.2, -0.15) is 8.93 Å². The van der Waals surface area contributed by atoms with Crippen LogP contribution in [0.1, 0.15) is 118 Å². The predicted octanol–water partition coefficient (Wildman–Crippen LogP) is 2.62.